The van der Waals surface area contributed by atoms with E-state index in [2.05, 4.69) is 15.6 Å². The Morgan fingerprint density at radius 3 is 2.42 bits per heavy atom. The molecule has 136 valence electrons. The van der Waals surface area contributed by atoms with Crippen molar-refractivity contribution >= 4 is 5.96 Å². The van der Waals surface area contributed by atoms with Crippen LogP contribution in [0.15, 0.2) is 23.2 Å². The Labute approximate surface area is 139 Å². The molecule has 2 N–H and O–H groups in total. The Balaban J connectivity index is 2.94. The number of rotatable bonds is 6. The quantitative estimate of drug-likeness (QED) is 0.470. The first-order valence-corrected chi connectivity index (χ1v) is 7.52. The molecule has 0 heterocycles. The molecule has 0 unspecified atom stereocenters. The van der Waals surface area contributed by atoms with Crippen LogP contribution in [0, 0.1) is 5.82 Å². The highest BCUT2D eigenvalue weighted by molar-refractivity contribution is 5.79. The van der Waals surface area contributed by atoms with Gasteiger partial charge in [0.1, 0.15) is 5.82 Å². The summed E-state index contributed by atoms with van der Waals surface area (Å²) in [6.07, 6.45) is -4.63. The summed E-state index contributed by atoms with van der Waals surface area (Å²) in [5.41, 5.74) is -1.56. The average molecular weight is 349 g/mol. The van der Waals surface area contributed by atoms with Crippen LogP contribution in [0.5, 0.6) is 0 Å². The molecule has 0 fully saturated rings. The second-order valence-corrected chi connectivity index (χ2v) is 5.81. The zero-order valence-electron chi connectivity index (χ0n) is 14.2. The molecule has 4 nitrogen and oxygen atoms in total. The summed E-state index contributed by atoms with van der Waals surface area (Å²) in [4.78, 5) is 4.14. The minimum Gasteiger partial charge on any atom is -0.377 e. The van der Waals surface area contributed by atoms with E-state index in [9.17, 15) is 17.6 Å². The Hall–Kier alpha value is -1.83. The Bertz CT molecular complexity index is 571. The molecule has 0 aliphatic rings. The first-order valence-electron chi connectivity index (χ1n) is 7.52. The molecule has 1 aromatic carbocycles. The third-order valence-electron chi connectivity index (χ3n) is 3.36. The summed E-state index contributed by atoms with van der Waals surface area (Å²) < 4.78 is 57.3. The van der Waals surface area contributed by atoms with Crippen molar-refractivity contribution in [1.82, 2.24) is 10.6 Å². The van der Waals surface area contributed by atoms with E-state index in [1.807, 2.05) is 20.8 Å². The lowest BCUT2D eigenvalue weighted by molar-refractivity contribution is -0.138. The lowest BCUT2D eigenvalue weighted by Crippen LogP contribution is -2.45. The van der Waals surface area contributed by atoms with Crippen LogP contribution in [0.3, 0.4) is 0 Å². The van der Waals surface area contributed by atoms with E-state index in [4.69, 9.17) is 4.74 Å². The van der Waals surface area contributed by atoms with Gasteiger partial charge in [0, 0.05) is 20.2 Å². The summed E-state index contributed by atoms with van der Waals surface area (Å²) in [7, 11) is 1.57. The molecule has 0 radical (unpaired) electrons. The Morgan fingerprint density at radius 1 is 1.21 bits per heavy atom. The normalized spacial score (nSPS) is 13.1. The molecule has 0 amide bonds. The first kappa shape index (κ1) is 20.2. The number of alkyl halides is 3. The number of guanidine groups is 1. The van der Waals surface area contributed by atoms with Crippen LogP contribution in [-0.2, 0) is 17.5 Å². The maximum absolute atomic E-state index is 13.1. The van der Waals surface area contributed by atoms with Crippen LogP contribution in [0.1, 0.15) is 31.9 Å². The van der Waals surface area contributed by atoms with Crippen molar-refractivity contribution in [1.29, 1.82) is 0 Å². The van der Waals surface area contributed by atoms with Crippen LogP contribution in [0.2, 0.25) is 0 Å². The number of methoxy groups -OCH3 is 1. The zero-order chi connectivity index (χ0) is 18.4. The number of hydrogen-bond acceptors (Lipinski definition) is 2. The molecule has 0 atom stereocenters. The van der Waals surface area contributed by atoms with Crippen LogP contribution >= 0.6 is 0 Å². The summed E-state index contributed by atoms with van der Waals surface area (Å²) >= 11 is 0. The molecule has 24 heavy (non-hydrogen) atoms. The zero-order valence-corrected chi connectivity index (χ0v) is 14.2. The molecule has 0 saturated heterocycles. The van der Waals surface area contributed by atoms with Gasteiger partial charge in [-0.05, 0) is 38.5 Å². The molecule has 0 saturated carbocycles. The SMILES string of the molecule is CCNC(=NCc1ccc(F)cc1C(F)(F)F)NCC(C)(C)OC. The fourth-order valence-corrected chi connectivity index (χ4v) is 1.83. The van der Waals surface area contributed by atoms with Gasteiger partial charge in [-0.1, -0.05) is 6.07 Å². The van der Waals surface area contributed by atoms with Crippen molar-refractivity contribution in [2.24, 2.45) is 4.99 Å². The number of ether oxygens (including phenoxy) is 1. The van der Waals surface area contributed by atoms with Crippen molar-refractivity contribution in [3.8, 4) is 0 Å². The second kappa shape index (κ2) is 8.32. The van der Waals surface area contributed by atoms with Crippen LogP contribution in [0.25, 0.3) is 0 Å². The van der Waals surface area contributed by atoms with Gasteiger partial charge >= 0.3 is 6.18 Å². The van der Waals surface area contributed by atoms with Gasteiger partial charge in [0.2, 0.25) is 0 Å². The second-order valence-electron chi connectivity index (χ2n) is 5.81. The molecule has 0 aliphatic carbocycles. The maximum atomic E-state index is 13.1. The third kappa shape index (κ3) is 6.35. The molecule has 0 bridgehead atoms. The summed E-state index contributed by atoms with van der Waals surface area (Å²) in [6, 6.07) is 2.58. The molecule has 0 aromatic heterocycles. The summed E-state index contributed by atoms with van der Waals surface area (Å²) in [5, 5.41) is 5.96. The topological polar surface area (TPSA) is 45.7 Å². The van der Waals surface area contributed by atoms with Gasteiger partial charge in [-0.3, -0.25) is 0 Å². The number of benzene rings is 1. The number of nitrogens with one attached hydrogen (secondary N) is 2. The number of halogens is 4. The van der Waals surface area contributed by atoms with E-state index in [0.29, 0.717) is 25.1 Å². The van der Waals surface area contributed by atoms with Gasteiger partial charge in [-0.15, -0.1) is 0 Å². The van der Waals surface area contributed by atoms with E-state index in [0.717, 1.165) is 12.1 Å². The van der Waals surface area contributed by atoms with E-state index in [1.165, 1.54) is 0 Å². The third-order valence-corrected chi connectivity index (χ3v) is 3.36. The molecule has 0 aliphatic heterocycles. The maximum Gasteiger partial charge on any atom is 0.416 e. The van der Waals surface area contributed by atoms with Crippen LogP contribution in [0.4, 0.5) is 17.6 Å². The van der Waals surface area contributed by atoms with Gasteiger partial charge in [-0.25, -0.2) is 9.38 Å². The molecular formula is C16H23F4N3O. The van der Waals surface area contributed by atoms with Crippen molar-refractivity contribution in [3.63, 3.8) is 0 Å². The summed E-state index contributed by atoms with van der Waals surface area (Å²) in [5.74, 6) is -0.568. The van der Waals surface area contributed by atoms with Crippen molar-refractivity contribution in [2.75, 3.05) is 20.2 Å². The molecule has 1 rings (SSSR count). The molecule has 0 spiro atoms. The van der Waals surface area contributed by atoms with Gasteiger partial charge in [0.15, 0.2) is 5.96 Å². The van der Waals surface area contributed by atoms with Gasteiger partial charge < -0.3 is 15.4 Å². The molecular weight excluding hydrogens is 326 g/mol. The van der Waals surface area contributed by atoms with Crippen molar-refractivity contribution in [3.05, 3.63) is 35.1 Å². The highest BCUT2D eigenvalue weighted by Gasteiger charge is 2.33. The van der Waals surface area contributed by atoms with E-state index in [1.54, 1.807) is 7.11 Å². The monoisotopic (exact) mass is 349 g/mol. The smallest absolute Gasteiger partial charge is 0.377 e. The van der Waals surface area contributed by atoms with Crippen LogP contribution < -0.4 is 10.6 Å². The molecule has 1 aromatic rings. The fraction of sp³-hybridized carbons (Fsp3) is 0.562. The standard InChI is InChI=1S/C16H23F4N3O/c1-5-21-14(23-10-15(2,3)24-4)22-9-11-6-7-12(17)8-13(11)16(18,19)20/h6-8H,5,9-10H2,1-4H3,(H2,21,22,23). The minimum atomic E-state index is -4.63. The Morgan fingerprint density at radius 2 is 1.88 bits per heavy atom. The predicted octanol–water partition coefficient (Wildman–Crippen LogP) is 3.32. The van der Waals surface area contributed by atoms with Crippen molar-refractivity contribution in [2.45, 2.75) is 39.1 Å². The van der Waals surface area contributed by atoms with E-state index in [-0.39, 0.29) is 12.1 Å². The first-order chi connectivity index (χ1) is 11.1. The Kier molecular flexibility index (Phi) is 7.01. The van der Waals surface area contributed by atoms with E-state index < -0.39 is 23.2 Å². The lowest BCUT2D eigenvalue weighted by Gasteiger charge is -2.24. The van der Waals surface area contributed by atoms with Crippen LogP contribution in [-0.4, -0.2) is 31.8 Å². The fourth-order valence-electron chi connectivity index (χ4n) is 1.83. The molecule has 8 heteroatoms. The van der Waals surface area contributed by atoms with Gasteiger partial charge in [0.25, 0.3) is 0 Å². The highest BCUT2D eigenvalue weighted by Crippen LogP contribution is 2.32. The highest BCUT2D eigenvalue weighted by atomic mass is 19.4. The average Bonchev–Trinajstić information content (AvgIpc) is 2.50. The van der Waals surface area contributed by atoms with E-state index >= 15 is 0 Å². The predicted molar refractivity (Wildman–Crippen MR) is 85.3 cm³/mol. The lowest BCUT2D eigenvalue weighted by atomic mass is 10.1. The number of nitrogens with zero attached hydrogens (tertiary/aromatic N) is 1. The number of hydrogen-bond donors (Lipinski definition) is 2. The van der Waals surface area contributed by atoms with Gasteiger partial charge in [0.05, 0.1) is 17.7 Å². The van der Waals surface area contributed by atoms with Gasteiger partial charge in [-0.2, -0.15) is 13.2 Å². The largest absolute Gasteiger partial charge is 0.416 e. The number of aliphatic imine (C=N–C) groups is 1. The minimum absolute atomic E-state index is 0.0906. The van der Waals surface area contributed by atoms with Crippen molar-refractivity contribution < 1.29 is 22.3 Å². The summed E-state index contributed by atoms with van der Waals surface area (Å²) in [6.45, 7) is 6.33.